The molecule has 0 radical (unpaired) electrons. The molecule has 2 N–H and O–H groups in total. The summed E-state index contributed by atoms with van der Waals surface area (Å²) < 4.78 is 5.40. The first-order valence-corrected chi connectivity index (χ1v) is 12.7. The van der Waals surface area contributed by atoms with Crippen LogP contribution in [0.4, 0.5) is 17.5 Å². The minimum Gasteiger partial charge on any atom is -0.379 e. The molecule has 2 aromatic heterocycles. The molecule has 0 bridgehead atoms. The van der Waals surface area contributed by atoms with Gasteiger partial charge in [-0.05, 0) is 69.6 Å². The maximum atomic E-state index is 12.9. The van der Waals surface area contributed by atoms with Crippen molar-refractivity contribution < 1.29 is 9.53 Å². The Bertz CT molecular complexity index is 1290. The van der Waals surface area contributed by atoms with Gasteiger partial charge >= 0.3 is 0 Å². The van der Waals surface area contributed by atoms with Gasteiger partial charge in [-0.3, -0.25) is 4.79 Å². The van der Waals surface area contributed by atoms with E-state index in [2.05, 4.69) is 43.6 Å². The van der Waals surface area contributed by atoms with Crippen LogP contribution in [0.25, 0.3) is 11.3 Å². The summed E-state index contributed by atoms with van der Waals surface area (Å²) in [6.45, 7) is 3.42. The van der Waals surface area contributed by atoms with Crippen LogP contribution in [0.5, 0.6) is 0 Å². The molecule has 1 aromatic carbocycles. The van der Waals surface area contributed by atoms with Gasteiger partial charge in [0, 0.05) is 42.2 Å². The maximum Gasteiger partial charge on any atom is 0.227 e. The van der Waals surface area contributed by atoms with Crippen LogP contribution in [0.1, 0.15) is 41.6 Å². The Labute approximate surface area is 216 Å². The molecule has 2 aliphatic rings. The number of ether oxygens (including phenoxy) is 1. The van der Waals surface area contributed by atoms with Crippen molar-refractivity contribution in [3.63, 3.8) is 0 Å². The molecule has 9 nitrogen and oxygen atoms in total. The lowest BCUT2D eigenvalue weighted by Crippen LogP contribution is -2.31. The van der Waals surface area contributed by atoms with E-state index in [1.807, 2.05) is 24.3 Å². The normalized spacial score (nSPS) is 18.3. The van der Waals surface area contributed by atoms with Gasteiger partial charge in [0.05, 0.1) is 23.9 Å². The smallest absolute Gasteiger partial charge is 0.227 e. The number of nitrogens with zero attached hydrogens (tertiary/aromatic N) is 5. The number of anilines is 3. The minimum absolute atomic E-state index is 0.160. The fourth-order valence-corrected chi connectivity index (χ4v) is 4.77. The van der Waals surface area contributed by atoms with E-state index in [0.29, 0.717) is 54.1 Å². The Morgan fingerprint density at radius 1 is 1.19 bits per heavy atom. The number of Topliss-reactive ketones (excluding diaryl/α,β-unsaturated/α-hetero) is 1. The molecule has 2 aliphatic heterocycles. The number of nitriles is 1. The number of piperidine rings is 1. The van der Waals surface area contributed by atoms with Crippen molar-refractivity contribution in [2.45, 2.75) is 31.7 Å². The molecule has 2 saturated heterocycles. The van der Waals surface area contributed by atoms with Gasteiger partial charge in [-0.1, -0.05) is 12.1 Å². The van der Waals surface area contributed by atoms with Gasteiger partial charge in [0.1, 0.15) is 11.9 Å². The second kappa shape index (κ2) is 11.5. The molecule has 1 atom stereocenters. The fraction of sp³-hybridized carbons (Fsp3) is 0.393. The standard InChI is InChI=1S/C28H31N7O2/c1-35-10-6-19(7-11-35)13-26(36)20-3-2-4-23(15-20)33-28-30-9-5-25(34-28)22-14-21(16-29)27(31-17-22)32-24-8-12-37-18-24/h2-5,9,14-15,17,19,24H,6-8,10-13,18H2,1H3,(H,31,32)(H,30,33,34). The van der Waals surface area contributed by atoms with Gasteiger partial charge in [0.25, 0.3) is 0 Å². The fourth-order valence-electron chi connectivity index (χ4n) is 4.77. The first-order valence-electron chi connectivity index (χ1n) is 12.7. The molecule has 190 valence electrons. The highest BCUT2D eigenvalue weighted by Crippen LogP contribution is 2.25. The number of carbonyl (C=O) groups is 1. The zero-order chi connectivity index (χ0) is 25.6. The lowest BCUT2D eigenvalue weighted by Gasteiger charge is -2.28. The molecular formula is C28H31N7O2. The monoisotopic (exact) mass is 497 g/mol. The average molecular weight is 498 g/mol. The number of aromatic nitrogens is 3. The van der Waals surface area contributed by atoms with Gasteiger partial charge in [-0.15, -0.1) is 0 Å². The number of hydrogen-bond acceptors (Lipinski definition) is 9. The predicted octanol–water partition coefficient (Wildman–Crippen LogP) is 4.27. The minimum atomic E-state index is 0.160. The Balaban J connectivity index is 1.27. The van der Waals surface area contributed by atoms with E-state index in [0.717, 1.165) is 43.6 Å². The van der Waals surface area contributed by atoms with Crippen LogP contribution in [0.15, 0.2) is 48.8 Å². The second-order valence-electron chi connectivity index (χ2n) is 9.78. The molecule has 0 amide bonds. The third-order valence-corrected chi connectivity index (χ3v) is 6.98. The average Bonchev–Trinajstić information content (AvgIpc) is 3.44. The number of hydrogen-bond donors (Lipinski definition) is 2. The van der Waals surface area contributed by atoms with E-state index < -0.39 is 0 Å². The van der Waals surface area contributed by atoms with Crippen molar-refractivity contribution >= 4 is 23.2 Å². The summed E-state index contributed by atoms with van der Waals surface area (Å²) in [5.74, 6) is 1.57. The molecule has 2 fully saturated rings. The summed E-state index contributed by atoms with van der Waals surface area (Å²) in [6, 6.07) is 13.4. The molecule has 0 spiro atoms. The first-order chi connectivity index (χ1) is 18.1. The number of nitrogens with one attached hydrogen (secondary N) is 2. The first kappa shape index (κ1) is 24.8. The number of rotatable bonds is 8. The SMILES string of the molecule is CN1CCC(CC(=O)c2cccc(Nc3nccc(-c4cnc(NC5CCOC5)c(C#N)c4)n3)c2)CC1. The van der Waals surface area contributed by atoms with Gasteiger partial charge in [-0.25, -0.2) is 15.0 Å². The summed E-state index contributed by atoms with van der Waals surface area (Å²) in [7, 11) is 2.13. The molecular weight excluding hydrogens is 466 g/mol. The van der Waals surface area contributed by atoms with E-state index in [9.17, 15) is 10.1 Å². The van der Waals surface area contributed by atoms with E-state index in [1.54, 1.807) is 24.5 Å². The third kappa shape index (κ3) is 6.28. The summed E-state index contributed by atoms with van der Waals surface area (Å²) in [5, 5.41) is 16.2. The van der Waals surface area contributed by atoms with Gasteiger partial charge < -0.3 is 20.3 Å². The van der Waals surface area contributed by atoms with E-state index in [4.69, 9.17) is 4.74 Å². The Morgan fingerprint density at radius 2 is 2.05 bits per heavy atom. The number of carbonyl (C=O) groups excluding carboxylic acids is 1. The Kier molecular flexibility index (Phi) is 7.68. The molecule has 9 heteroatoms. The number of ketones is 1. The molecule has 37 heavy (non-hydrogen) atoms. The second-order valence-corrected chi connectivity index (χ2v) is 9.78. The van der Waals surface area contributed by atoms with Crippen molar-refractivity contribution in [1.29, 1.82) is 5.26 Å². The quantitative estimate of drug-likeness (QED) is 0.440. The topological polar surface area (TPSA) is 116 Å². The number of benzene rings is 1. The maximum absolute atomic E-state index is 12.9. The van der Waals surface area contributed by atoms with Crippen molar-refractivity contribution in [2.24, 2.45) is 5.92 Å². The van der Waals surface area contributed by atoms with Crippen molar-refractivity contribution in [2.75, 3.05) is 44.0 Å². The summed E-state index contributed by atoms with van der Waals surface area (Å²) >= 11 is 0. The molecule has 3 aromatic rings. The van der Waals surface area contributed by atoms with E-state index >= 15 is 0 Å². The lowest BCUT2D eigenvalue weighted by atomic mass is 9.90. The molecule has 5 rings (SSSR count). The highest BCUT2D eigenvalue weighted by Gasteiger charge is 2.21. The van der Waals surface area contributed by atoms with Crippen molar-refractivity contribution in [3.8, 4) is 17.3 Å². The number of likely N-dealkylation sites (tertiary alicyclic amines) is 1. The Hall–Kier alpha value is -3.87. The van der Waals surface area contributed by atoms with E-state index in [-0.39, 0.29) is 11.8 Å². The van der Waals surface area contributed by atoms with Gasteiger partial charge in [0.2, 0.25) is 5.95 Å². The van der Waals surface area contributed by atoms with Crippen LogP contribution in [0.3, 0.4) is 0 Å². The van der Waals surface area contributed by atoms with Crippen LogP contribution < -0.4 is 10.6 Å². The summed E-state index contributed by atoms with van der Waals surface area (Å²) in [6.07, 6.45) is 6.96. The van der Waals surface area contributed by atoms with Crippen molar-refractivity contribution in [3.05, 3.63) is 59.9 Å². The molecule has 0 aliphatic carbocycles. The highest BCUT2D eigenvalue weighted by molar-refractivity contribution is 5.97. The lowest BCUT2D eigenvalue weighted by molar-refractivity contribution is 0.0936. The van der Waals surface area contributed by atoms with Crippen LogP contribution in [0.2, 0.25) is 0 Å². The van der Waals surface area contributed by atoms with Gasteiger partial charge in [-0.2, -0.15) is 5.26 Å². The largest absolute Gasteiger partial charge is 0.379 e. The van der Waals surface area contributed by atoms with Crippen LogP contribution in [-0.2, 0) is 4.74 Å². The predicted molar refractivity (Wildman–Crippen MR) is 142 cm³/mol. The van der Waals surface area contributed by atoms with Crippen LogP contribution in [-0.4, -0.2) is 65.0 Å². The number of pyridine rings is 1. The summed E-state index contributed by atoms with van der Waals surface area (Å²) in [5.41, 5.74) is 3.26. The zero-order valence-electron chi connectivity index (χ0n) is 21.0. The molecule has 0 saturated carbocycles. The van der Waals surface area contributed by atoms with Crippen molar-refractivity contribution in [1.82, 2.24) is 19.9 Å². The third-order valence-electron chi connectivity index (χ3n) is 6.98. The van der Waals surface area contributed by atoms with Crippen LogP contribution >= 0.6 is 0 Å². The summed E-state index contributed by atoms with van der Waals surface area (Å²) in [4.78, 5) is 28.7. The Morgan fingerprint density at radius 3 is 2.84 bits per heavy atom. The van der Waals surface area contributed by atoms with Gasteiger partial charge in [0.15, 0.2) is 5.78 Å². The van der Waals surface area contributed by atoms with Crippen LogP contribution in [0, 0.1) is 17.2 Å². The highest BCUT2D eigenvalue weighted by atomic mass is 16.5. The zero-order valence-corrected chi connectivity index (χ0v) is 21.0. The van der Waals surface area contributed by atoms with E-state index in [1.165, 1.54) is 0 Å². The molecule has 1 unspecified atom stereocenters. The molecule has 4 heterocycles.